The van der Waals surface area contributed by atoms with Crippen molar-refractivity contribution < 1.29 is 9.53 Å². The molecule has 0 aromatic heterocycles. The van der Waals surface area contributed by atoms with Gasteiger partial charge in [0.15, 0.2) is 5.75 Å². The third-order valence-electron chi connectivity index (χ3n) is 4.04. The second-order valence-electron chi connectivity index (χ2n) is 5.39. The maximum atomic E-state index is 12.8. The average Bonchev–Trinajstić information content (AvgIpc) is 2.97. The summed E-state index contributed by atoms with van der Waals surface area (Å²) in [6.07, 6.45) is 0. The molecule has 0 saturated heterocycles. The molecule has 0 atom stereocenters. The lowest BCUT2D eigenvalue weighted by Crippen LogP contribution is -2.27. The van der Waals surface area contributed by atoms with Crippen LogP contribution in [0.5, 0.6) is 5.75 Å². The Hall–Kier alpha value is -2.49. The molecule has 0 saturated carbocycles. The molecule has 0 unspecified atom stereocenters. The van der Waals surface area contributed by atoms with E-state index in [0.29, 0.717) is 31.0 Å². The van der Waals surface area contributed by atoms with E-state index in [1.54, 1.807) is 0 Å². The van der Waals surface area contributed by atoms with Crippen LogP contribution in [-0.2, 0) is 13.1 Å². The quantitative estimate of drug-likeness (QED) is 0.873. The normalized spacial score (nSPS) is 15.7. The standard InChI is InChI=1S/C17H16N2O2/c20-17(19-10-12-4-1-2-5-13(12)11-19)14-6-3-7-15-16(14)21-9-8-18-15/h1-7,18H,8-11H2. The maximum Gasteiger partial charge on any atom is 0.258 e. The van der Waals surface area contributed by atoms with Crippen molar-refractivity contribution >= 4 is 11.6 Å². The number of hydrogen-bond acceptors (Lipinski definition) is 3. The minimum Gasteiger partial charge on any atom is -0.489 e. The van der Waals surface area contributed by atoms with Gasteiger partial charge in [0.25, 0.3) is 5.91 Å². The zero-order valence-corrected chi connectivity index (χ0v) is 11.6. The lowest BCUT2D eigenvalue weighted by molar-refractivity contribution is 0.0747. The van der Waals surface area contributed by atoms with Gasteiger partial charge in [-0.05, 0) is 23.3 Å². The molecule has 0 fully saturated rings. The molecule has 2 aliphatic rings. The second-order valence-corrected chi connectivity index (χ2v) is 5.39. The largest absolute Gasteiger partial charge is 0.489 e. The van der Waals surface area contributed by atoms with E-state index in [1.165, 1.54) is 11.1 Å². The Labute approximate surface area is 123 Å². The summed E-state index contributed by atoms with van der Waals surface area (Å²) in [7, 11) is 0. The van der Waals surface area contributed by atoms with Gasteiger partial charge in [0.1, 0.15) is 6.61 Å². The number of rotatable bonds is 1. The molecular formula is C17H16N2O2. The topological polar surface area (TPSA) is 41.6 Å². The van der Waals surface area contributed by atoms with E-state index in [4.69, 9.17) is 4.74 Å². The first-order valence-electron chi connectivity index (χ1n) is 7.19. The number of carbonyl (C=O) groups excluding carboxylic acids is 1. The van der Waals surface area contributed by atoms with Crippen molar-refractivity contribution in [2.24, 2.45) is 0 Å². The Bertz CT molecular complexity index is 687. The number of ether oxygens (including phenoxy) is 1. The van der Waals surface area contributed by atoms with Crippen LogP contribution in [0.2, 0.25) is 0 Å². The molecule has 21 heavy (non-hydrogen) atoms. The molecule has 0 aliphatic carbocycles. The third kappa shape index (κ3) is 2.03. The highest BCUT2D eigenvalue weighted by Crippen LogP contribution is 2.33. The van der Waals surface area contributed by atoms with Crippen LogP contribution in [0.3, 0.4) is 0 Å². The Morgan fingerprint density at radius 2 is 1.81 bits per heavy atom. The van der Waals surface area contributed by atoms with Gasteiger partial charge >= 0.3 is 0 Å². The van der Waals surface area contributed by atoms with Gasteiger partial charge in [-0.15, -0.1) is 0 Å². The highest BCUT2D eigenvalue weighted by atomic mass is 16.5. The Morgan fingerprint density at radius 1 is 1.05 bits per heavy atom. The van der Waals surface area contributed by atoms with Crippen molar-refractivity contribution in [1.82, 2.24) is 4.90 Å². The lowest BCUT2D eigenvalue weighted by atomic mass is 10.1. The van der Waals surface area contributed by atoms with Gasteiger partial charge in [0.2, 0.25) is 0 Å². The van der Waals surface area contributed by atoms with Gasteiger partial charge in [0, 0.05) is 19.6 Å². The fourth-order valence-electron chi connectivity index (χ4n) is 2.99. The minimum absolute atomic E-state index is 0.0340. The smallest absolute Gasteiger partial charge is 0.258 e. The molecule has 106 valence electrons. The van der Waals surface area contributed by atoms with Gasteiger partial charge < -0.3 is 15.0 Å². The number of carbonyl (C=O) groups is 1. The predicted molar refractivity (Wildman–Crippen MR) is 80.4 cm³/mol. The minimum atomic E-state index is 0.0340. The molecule has 2 aromatic rings. The molecule has 4 heteroatoms. The molecule has 0 spiro atoms. The molecule has 2 heterocycles. The zero-order valence-electron chi connectivity index (χ0n) is 11.6. The maximum absolute atomic E-state index is 12.8. The summed E-state index contributed by atoms with van der Waals surface area (Å²) in [6.45, 7) is 2.72. The molecular weight excluding hydrogens is 264 g/mol. The summed E-state index contributed by atoms with van der Waals surface area (Å²) >= 11 is 0. The number of para-hydroxylation sites is 1. The van der Waals surface area contributed by atoms with E-state index in [2.05, 4.69) is 17.4 Å². The zero-order chi connectivity index (χ0) is 14.2. The van der Waals surface area contributed by atoms with Gasteiger partial charge in [-0.1, -0.05) is 30.3 Å². The van der Waals surface area contributed by atoms with Crippen LogP contribution in [0, 0.1) is 0 Å². The van der Waals surface area contributed by atoms with Crippen molar-refractivity contribution in [3.8, 4) is 5.75 Å². The fourth-order valence-corrected chi connectivity index (χ4v) is 2.99. The van der Waals surface area contributed by atoms with Crippen molar-refractivity contribution in [3.05, 3.63) is 59.2 Å². The number of benzene rings is 2. The molecule has 4 nitrogen and oxygen atoms in total. The first kappa shape index (κ1) is 12.3. The predicted octanol–water partition coefficient (Wildman–Crippen LogP) is 2.65. The van der Waals surface area contributed by atoms with E-state index < -0.39 is 0 Å². The molecule has 0 bridgehead atoms. The first-order chi connectivity index (χ1) is 10.3. The van der Waals surface area contributed by atoms with Crippen molar-refractivity contribution in [1.29, 1.82) is 0 Å². The highest BCUT2D eigenvalue weighted by Gasteiger charge is 2.27. The monoisotopic (exact) mass is 280 g/mol. The van der Waals surface area contributed by atoms with Crippen molar-refractivity contribution in [2.45, 2.75) is 13.1 Å². The average molecular weight is 280 g/mol. The Morgan fingerprint density at radius 3 is 2.57 bits per heavy atom. The van der Waals surface area contributed by atoms with Crippen LogP contribution in [-0.4, -0.2) is 24.0 Å². The number of amides is 1. The van der Waals surface area contributed by atoms with Crippen LogP contribution < -0.4 is 10.1 Å². The summed E-state index contributed by atoms with van der Waals surface area (Å²) in [5.41, 5.74) is 4.01. The molecule has 2 aromatic carbocycles. The van der Waals surface area contributed by atoms with E-state index in [1.807, 2.05) is 35.2 Å². The van der Waals surface area contributed by atoms with Crippen molar-refractivity contribution in [3.63, 3.8) is 0 Å². The summed E-state index contributed by atoms with van der Waals surface area (Å²) in [6, 6.07) is 13.9. The fraction of sp³-hybridized carbons (Fsp3) is 0.235. The van der Waals surface area contributed by atoms with Crippen LogP contribution >= 0.6 is 0 Å². The number of nitrogens with one attached hydrogen (secondary N) is 1. The summed E-state index contributed by atoms with van der Waals surface area (Å²) in [4.78, 5) is 14.7. The number of anilines is 1. The lowest BCUT2D eigenvalue weighted by Gasteiger charge is -2.23. The number of fused-ring (bicyclic) bond motifs is 2. The van der Waals surface area contributed by atoms with E-state index in [0.717, 1.165) is 12.2 Å². The van der Waals surface area contributed by atoms with Gasteiger partial charge in [-0.3, -0.25) is 4.79 Å². The third-order valence-corrected chi connectivity index (χ3v) is 4.04. The molecule has 4 rings (SSSR count). The summed E-state index contributed by atoms with van der Waals surface area (Å²) in [5.74, 6) is 0.719. The molecule has 0 radical (unpaired) electrons. The molecule has 1 N–H and O–H groups in total. The summed E-state index contributed by atoms with van der Waals surface area (Å²) < 4.78 is 5.70. The van der Waals surface area contributed by atoms with Crippen LogP contribution in [0.4, 0.5) is 5.69 Å². The number of hydrogen-bond donors (Lipinski definition) is 1. The highest BCUT2D eigenvalue weighted by molar-refractivity contribution is 5.99. The van der Waals surface area contributed by atoms with Crippen molar-refractivity contribution in [2.75, 3.05) is 18.5 Å². The van der Waals surface area contributed by atoms with Crippen LogP contribution in [0.1, 0.15) is 21.5 Å². The second kappa shape index (κ2) is 4.81. The van der Waals surface area contributed by atoms with E-state index in [-0.39, 0.29) is 5.91 Å². The Kier molecular flexibility index (Phi) is 2.81. The first-order valence-corrected chi connectivity index (χ1v) is 7.19. The summed E-state index contributed by atoms with van der Waals surface area (Å²) in [5, 5.41) is 3.27. The molecule has 2 aliphatic heterocycles. The SMILES string of the molecule is O=C(c1cccc2c1OCCN2)N1Cc2ccccc2C1. The van der Waals surface area contributed by atoms with E-state index >= 15 is 0 Å². The van der Waals surface area contributed by atoms with E-state index in [9.17, 15) is 4.79 Å². The molecule has 1 amide bonds. The number of nitrogens with zero attached hydrogens (tertiary/aromatic N) is 1. The van der Waals surface area contributed by atoms with Gasteiger partial charge in [-0.25, -0.2) is 0 Å². The van der Waals surface area contributed by atoms with Crippen LogP contribution in [0.15, 0.2) is 42.5 Å². The Balaban J connectivity index is 1.65. The van der Waals surface area contributed by atoms with Crippen LogP contribution in [0.25, 0.3) is 0 Å². The van der Waals surface area contributed by atoms with Gasteiger partial charge in [0.05, 0.1) is 11.3 Å². The van der Waals surface area contributed by atoms with Gasteiger partial charge in [-0.2, -0.15) is 0 Å².